The largest absolute Gasteiger partial charge is 0.396 e. The van der Waals surface area contributed by atoms with E-state index in [0.29, 0.717) is 42.4 Å². The monoisotopic (exact) mass is 427 g/mol. The maximum atomic E-state index is 12.8. The second kappa shape index (κ2) is 8.82. The third-order valence-corrected chi connectivity index (χ3v) is 4.98. The number of aryl methyl sites for hydroxylation is 1. The Balaban J connectivity index is 1.86. The van der Waals surface area contributed by atoms with E-state index in [0.717, 1.165) is 5.39 Å². The molecule has 3 aromatic rings. The summed E-state index contributed by atoms with van der Waals surface area (Å²) in [5.74, 6) is -0.0626. The van der Waals surface area contributed by atoms with E-state index < -0.39 is 11.8 Å². The van der Waals surface area contributed by atoms with Crippen LogP contribution in [0, 0.1) is 0 Å². The lowest BCUT2D eigenvalue weighted by Crippen LogP contribution is -2.23. The standard InChI is InChI=1S/C20H21N5O4S/c26-8-2-6-24-11-14(13-3-1-4-21-17(13)24)15-16(20(28)23-19(15)27)18-22-5-7-25(18)12-29-9-10-30/h1,3-5,7,11,26,30H,2,6,8-10,12H2,(H,23,27,28). The molecule has 0 saturated heterocycles. The minimum absolute atomic E-state index is 0.0402. The molecule has 9 nitrogen and oxygen atoms in total. The number of hydrogen-bond donors (Lipinski definition) is 3. The highest BCUT2D eigenvalue weighted by Crippen LogP contribution is 2.35. The number of aliphatic hydroxyl groups excluding tert-OH is 1. The number of imidazole rings is 1. The molecule has 4 rings (SSSR count). The van der Waals surface area contributed by atoms with Gasteiger partial charge in [-0.15, -0.1) is 0 Å². The summed E-state index contributed by atoms with van der Waals surface area (Å²) in [5, 5.41) is 12.3. The van der Waals surface area contributed by atoms with Crippen LogP contribution in [0.2, 0.25) is 0 Å². The molecular weight excluding hydrogens is 406 g/mol. The van der Waals surface area contributed by atoms with Crippen LogP contribution in [0.25, 0.3) is 22.2 Å². The number of pyridine rings is 1. The van der Waals surface area contributed by atoms with Gasteiger partial charge in [0.05, 0.1) is 17.8 Å². The first-order valence-corrected chi connectivity index (χ1v) is 10.1. The van der Waals surface area contributed by atoms with Crippen molar-refractivity contribution in [3.63, 3.8) is 0 Å². The number of aliphatic hydroxyl groups is 1. The third-order valence-electron chi connectivity index (χ3n) is 4.80. The lowest BCUT2D eigenvalue weighted by molar-refractivity contribution is -0.122. The molecule has 2 amide bonds. The molecule has 1 aliphatic rings. The van der Waals surface area contributed by atoms with E-state index >= 15 is 0 Å². The number of hydrogen-bond acceptors (Lipinski definition) is 7. The van der Waals surface area contributed by atoms with Gasteiger partial charge >= 0.3 is 0 Å². The summed E-state index contributed by atoms with van der Waals surface area (Å²) < 4.78 is 9.08. The van der Waals surface area contributed by atoms with Gasteiger partial charge in [0.1, 0.15) is 18.2 Å². The molecule has 0 bridgehead atoms. The van der Waals surface area contributed by atoms with Crippen LogP contribution in [0.5, 0.6) is 0 Å². The smallest absolute Gasteiger partial charge is 0.262 e. The van der Waals surface area contributed by atoms with Crippen molar-refractivity contribution >= 4 is 46.6 Å². The first-order valence-electron chi connectivity index (χ1n) is 9.51. The molecule has 0 aliphatic carbocycles. The van der Waals surface area contributed by atoms with Crippen LogP contribution in [0.3, 0.4) is 0 Å². The highest BCUT2D eigenvalue weighted by molar-refractivity contribution is 7.80. The van der Waals surface area contributed by atoms with E-state index in [9.17, 15) is 14.7 Å². The zero-order chi connectivity index (χ0) is 21.1. The Morgan fingerprint density at radius 3 is 2.77 bits per heavy atom. The molecule has 0 unspecified atom stereocenters. The molecule has 30 heavy (non-hydrogen) atoms. The molecule has 2 N–H and O–H groups in total. The fourth-order valence-corrected chi connectivity index (χ4v) is 3.66. The van der Waals surface area contributed by atoms with E-state index in [2.05, 4.69) is 27.9 Å². The van der Waals surface area contributed by atoms with Crippen LogP contribution >= 0.6 is 12.6 Å². The number of aromatic nitrogens is 4. The minimum Gasteiger partial charge on any atom is -0.396 e. The highest BCUT2D eigenvalue weighted by atomic mass is 32.1. The fourth-order valence-electron chi connectivity index (χ4n) is 3.53. The van der Waals surface area contributed by atoms with Gasteiger partial charge in [0, 0.05) is 54.6 Å². The molecule has 0 radical (unpaired) electrons. The number of rotatable bonds is 9. The van der Waals surface area contributed by atoms with Gasteiger partial charge in [-0.3, -0.25) is 14.9 Å². The molecule has 1 aliphatic heterocycles. The Bertz CT molecular complexity index is 1130. The van der Waals surface area contributed by atoms with Crippen LogP contribution in [-0.2, 0) is 27.6 Å². The number of ether oxygens (including phenoxy) is 1. The number of imide groups is 1. The number of fused-ring (bicyclic) bond motifs is 1. The Kier molecular flexibility index (Phi) is 5.98. The second-order valence-corrected chi connectivity index (χ2v) is 7.15. The van der Waals surface area contributed by atoms with Crippen molar-refractivity contribution in [1.29, 1.82) is 0 Å². The minimum atomic E-state index is -0.503. The lowest BCUT2D eigenvalue weighted by Gasteiger charge is -2.09. The number of nitrogens with zero attached hydrogens (tertiary/aromatic N) is 4. The van der Waals surface area contributed by atoms with Gasteiger partial charge in [0.2, 0.25) is 0 Å². The molecule has 4 heterocycles. The number of carbonyl (C=O) groups is 2. The van der Waals surface area contributed by atoms with Crippen molar-refractivity contribution in [2.45, 2.75) is 19.7 Å². The molecule has 0 aromatic carbocycles. The van der Waals surface area contributed by atoms with Crippen molar-refractivity contribution in [3.8, 4) is 0 Å². The summed E-state index contributed by atoms with van der Waals surface area (Å²) in [5.41, 5.74) is 1.73. The van der Waals surface area contributed by atoms with Crippen molar-refractivity contribution in [2.75, 3.05) is 19.0 Å². The molecular formula is C20H21N5O4S. The Labute approximate surface area is 177 Å². The molecule has 0 spiro atoms. The van der Waals surface area contributed by atoms with Crippen molar-refractivity contribution in [2.24, 2.45) is 0 Å². The van der Waals surface area contributed by atoms with Crippen molar-refractivity contribution in [1.82, 2.24) is 24.4 Å². The predicted octanol–water partition coefficient (Wildman–Crippen LogP) is 1.09. The first-order chi connectivity index (χ1) is 14.7. The molecule has 156 valence electrons. The van der Waals surface area contributed by atoms with Gasteiger partial charge in [0.25, 0.3) is 11.8 Å². The van der Waals surface area contributed by atoms with Crippen LogP contribution in [-0.4, -0.2) is 55.0 Å². The number of thiol groups is 1. The summed E-state index contributed by atoms with van der Waals surface area (Å²) in [6.45, 7) is 1.21. The summed E-state index contributed by atoms with van der Waals surface area (Å²) >= 11 is 4.12. The van der Waals surface area contributed by atoms with Gasteiger partial charge < -0.3 is 19.0 Å². The summed E-state index contributed by atoms with van der Waals surface area (Å²) in [6, 6.07) is 3.64. The fraction of sp³-hybridized carbons (Fsp3) is 0.300. The van der Waals surface area contributed by atoms with Gasteiger partial charge in [-0.25, -0.2) is 9.97 Å². The Morgan fingerprint density at radius 1 is 1.13 bits per heavy atom. The Morgan fingerprint density at radius 2 is 1.97 bits per heavy atom. The first kappa shape index (κ1) is 20.3. The predicted molar refractivity (Wildman–Crippen MR) is 113 cm³/mol. The molecule has 0 fully saturated rings. The topological polar surface area (TPSA) is 111 Å². The number of amides is 2. The average Bonchev–Trinajstić information content (AvgIpc) is 3.42. The quantitative estimate of drug-likeness (QED) is 0.268. The lowest BCUT2D eigenvalue weighted by atomic mass is 10.0. The second-order valence-electron chi connectivity index (χ2n) is 6.70. The van der Waals surface area contributed by atoms with E-state index in [1.54, 1.807) is 35.4 Å². The van der Waals surface area contributed by atoms with Gasteiger partial charge in [-0.1, -0.05) is 0 Å². The molecule has 3 aromatic heterocycles. The average molecular weight is 427 g/mol. The van der Waals surface area contributed by atoms with Crippen LogP contribution in [0.4, 0.5) is 0 Å². The van der Waals surface area contributed by atoms with Crippen LogP contribution in [0.15, 0.2) is 36.9 Å². The summed E-state index contributed by atoms with van der Waals surface area (Å²) in [7, 11) is 0. The summed E-state index contributed by atoms with van der Waals surface area (Å²) in [4.78, 5) is 34.2. The van der Waals surface area contributed by atoms with Gasteiger partial charge in [0.15, 0.2) is 0 Å². The maximum absolute atomic E-state index is 12.8. The van der Waals surface area contributed by atoms with Crippen molar-refractivity contribution in [3.05, 3.63) is 48.3 Å². The molecule has 0 atom stereocenters. The Hall–Kier alpha value is -2.95. The SMILES string of the molecule is O=C1NC(=O)C(c2nccn2COCCS)=C1c1cn(CCCO)c2ncccc12. The van der Waals surface area contributed by atoms with E-state index in [-0.39, 0.29) is 24.5 Å². The number of nitrogens with one attached hydrogen (secondary N) is 1. The van der Waals surface area contributed by atoms with E-state index in [1.807, 2.05) is 10.6 Å². The van der Waals surface area contributed by atoms with Crippen LogP contribution < -0.4 is 5.32 Å². The zero-order valence-electron chi connectivity index (χ0n) is 16.1. The maximum Gasteiger partial charge on any atom is 0.262 e. The van der Waals surface area contributed by atoms with E-state index in [4.69, 9.17) is 4.74 Å². The third kappa shape index (κ3) is 3.64. The zero-order valence-corrected chi connectivity index (χ0v) is 17.0. The normalized spacial score (nSPS) is 14.2. The van der Waals surface area contributed by atoms with Gasteiger partial charge in [-0.2, -0.15) is 12.6 Å². The van der Waals surface area contributed by atoms with E-state index in [1.165, 1.54) is 0 Å². The van der Waals surface area contributed by atoms with Crippen LogP contribution in [0.1, 0.15) is 17.8 Å². The number of carbonyl (C=O) groups excluding carboxylic acids is 2. The van der Waals surface area contributed by atoms with Gasteiger partial charge in [-0.05, 0) is 18.6 Å². The molecule has 10 heteroatoms. The van der Waals surface area contributed by atoms with Crippen molar-refractivity contribution < 1.29 is 19.4 Å². The highest BCUT2D eigenvalue weighted by Gasteiger charge is 2.36. The molecule has 0 saturated carbocycles. The summed E-state index contributed by atoms with van der Waals surface area (Å²) in [6.07, 6.45) is 7.27.